The van der Waals surface area contributed by atoms with Gasteiger partial charge in [0.1, 0.15) is 27.2 Å². The van der Waals surface area contributed by atoms with E-state index >= 15 is 0 Å². The van der Waals surface area contributed by atoms with Crippen molar-refractivity contribution in [2.45, 2.75) is 44.7 Å². The number of rotatable bonds is 5. The van der Waals surface area contributed by atoms with Gasteiger partial charge in [0.2, 0.25) is 0 Å². The summed E-state index contributed by atoms with van der Waals surface area (Å²) in [5.74, 6) is 2.61. The normalized spacial score (nSPS) is 23.4. The highest BCUT2D eigenvalue weighted by Gasteiger charge is 2.39. The van der Waals surface area contributed by atoms with E-state index in [1.807, 2.05) is 13.0 Å². The number of halogens is 2. The highest BCUT2D eigenvalue weighted by atomic mass is 35.5. The highest BCUT2D eigenvalue weighted by Crippen LogP contribution is 2.36. The van der Waals surface area contributed by atoms with Crippen molar-refractivity contribution >= 4 is 50.0 Å². The van der Waals surface area contributed by atoms with E-state index in [1.165, 1.54) is 6.42 Å². The Morgan fingerprint density at radius 2 is 1.87 bits per heavy atom. The number of nitrogens with zero attached hydrogens (tertiary/aromatic N) is 7. The van der Waals surface area contributed by atoms with E-state index in [4.69, 9.17) is 28.2 Å². The third-order valence-electron chi connectivity index (χ3n) is 8.71. The Morgan fingerprint density at radius 1 is 1.10 bits per heavy atom. The minimum atomic E-state index is -2.84. The van der Waals surface area contributed by atoms with E-state index in [2.05, 4.69) is 26.0 Å². The van der Waals surface area contributed by atoms with Gasteiger partial charge >= 0.3 is 0 Å². The Balaban J connectivity index is 1.17. The second-order valence-corrected chi connectivity index (χ2v) is 14.2. The molecular weight excluding hydrogens is 557 g/mol. The van der Waals surface area contributed by atoms with Gasteiger partial charge in [-0.1, -0.05) is 29.3 Å². The van der Waals surface area contributed by atoms with Crippen LogP contribution in [0.15, 0.2) is 24.4 Å². The fourth-order valence-electron chi connectivity index (χ4n) is 6.37. The maximum absolute atomic E-state index is 11.9. The summed E-state index contributed by atoms with van der Waals surface area (Å²) in [6.45, 7) is 5.91. The Labute approximate surface area is 238 Å². The zero-order chi connectivity index (χ0) is 27.3. The summed E-state index contributed by atoms with van der Waals surface area (Å²) >= 11 is 12.6. The molecule has 0 saturated carbocycles. The maximum Gasteiger partial charge on any atom is 0.190 e. The number of hydrogen-bond donors (Lipinski definition) is 0. The first kappa shape index (κ1) is 26.8. The third kappa shape index (κ3) is 5.22. The molecule has 3 saturated heterocycles. The van der Waals surface area contributed by atoms with Gasteiger partial charge in [-0.25, -0.2) is 23.1 Å². The van der Waals surface area contributed by atoms with Crippen LogP contribution in [0.5, 0.6) is 0 Å². The van der Waals surface area contributed by atoms with Crippen LogP contribution in [0.25, 0.3) is 11.2 Å². The molecule has 0 amide bonds. The van der Waals surface area contributed by atoms with Crippen LogP contribution in [0, 0.1) is 23.2 Å². The van der Waals surface area contributed by atoms with Crippen molar-refractivity contribution in [2.75, 3.05) is 42.6 Å². The van der Waals surface area contributed by atoms with Crippen LogP contribution >= 0.6 is 23.2 Å². The molecule has 3 aliphatic rings. The summed E-state index contributed by atoms with van der Waals surface area (Å²) in [7, 11) is -2.84. The lowest BCUT2D eigenvalue weighted by Gasteiger charge is -2.48. The molecule has 0 aliphatic carbocycles. The number of piperidine rings is 1. The molecule has 2 atom stereocenters. The Hall–Kier alpha value is -2.45. The Bertz CT molecular complexity index is 1530. The van der Waals surface area contributed by atoms with Crippen LogP contribution in [0.1, 0.15) is 49.9 Å². The SMILES string of the molecule is CC(c1ccc(Cl)cc1Cl)n1nc(C#N)c2ncc(N3CC(C4CCCN(C5CCS(=O)(=O)CC5)C4)C3)nc21. The van der Waals surface area contributed by atoms with Gasteiger partial charge in [0.25, 0.3) is 0 Å². The molecule has 0 spiro atoms. The minimum Gasteiger partial charge on any atom is -0.355 e. The number of aromatic nitrogens is 4. The Kier molecular flexibility index (Phi) is 7.21. The van der Waals surface area contributed by atoms with Crippen molar-refractivity contribution in [3.8, 4) is 6.07 Å². The number of fused-ring (bicyclic) bond motifs is 1. The zero-order valence-electron chi connectivity index (χ0n) is 21.8. The summed E-state index contributed by atoms with van der Waals surface area (Å²) in [5, 5.41) is 15.3. The lowest BCUT2D eigenvalue weighted by atomic mass is 9.80. The quantitative estimate of drug-likeness (QED) is 0.433. The first-order valence-corrected chi connectivity index (χ1v) is 16.1. The third-order valence-corrected chi connectivity index (χ3v) is 11.0. The van der Waals surface area contributed by atoms with Gasteiger partial charge in [0.05, 0.1) is 23.7 Å². The summed E-state index contributed by atoms with van der Waals surface area (Å²) < 4.78 is 25.5. The lowest BCUT2D eigenvalue weighted by molar-refractivity contribution is 0.0798. The van der Waals surface area contributed by atoms with Gasteiger partial charge in [0, 0.05) is 35.7 Å². The Morgan fingerprint density at radius 3 is 2.59 bits per heavy atom. The van der Waals surface area contributed by atoms with Crippen LogP contribution in [0.3, 0.4) is 0 Å². The second-order valence-electron chi connectivity index (χ2n) is 11.1. The molecule has 9 nitrogen and oxygen atoms in total. The average molecular weight is 589 g/mol. The smallest absolute Gasteiger partial charge is 0.190 e. The molecule has 3 aliphatic heterocycles. The van der Waals surface area contributed by atoms with E-state index < -0.39 is 9.84 Å². The first-order valence-electron chi connectivity index (χ1n) is 13.5. The molecule has 2 aromatic heterocycles. The fraction of sp³-hybridized carbons (Fsp3) is 0.556. The van der Waals surface area contributed by atoms with E-state index in [9.17, 15) is 13.7 Å². The standard InChI is InChI=1S/C27H31Cl2N7O2S/c1-17(22-5-4-20(28)11-23(22)29)36-27-26(24(12-30)33-36)31-13-25(32-27)35-15-19(16-35)18-3-2-8-34(14-18)21-6-9-39(37,38)10-7-21/h4-5,11,13,17-19,21H,2-3,6-10,14-16H2,1H3. The van der Waals surface area contributed by atoms with Gasteiger partial charge in [0.15, 0.2) is 11.3 Å². The topological polar surface area (TPSA) is 108 Å². The molecule has 6 rings (SSSR count). The number of anilines is 1. The molecule has 5 heterocycles. The van der Waals surface area contributed by atoms with Crippen molar-refractivity contribution in [1.29, 1.82) is 5.26 Å². The first-order chi connectivity index (χ1) is 18.7. The van der Waals surface area contributed by atoms with E-state index in [-0.39, 0.29) is 11.7 Å². The molecule has 1 aromatic carbocycles. The van der Waals surface area contributed by atoms with Crippen molar-refractivity contribution in [1.82, 2.24) is 24.6 Å². The molecular formula is C27H31Cl2N7O2S. The summed E-state index contributed by atoms with van der Waals surface area (Å²) in [6, 6.07) is 7.62. The van der Waals surface area contributed by atoms with Gasteiger partial charge in [-0.05, 0) is 68.7 Å². The van der Waals surface area contributed by atoms with Gasteiger partial charge in [-0.15, -0.1) is 0 Å². The van der Waals surface area contributed by atoms with Crippen LogP contribution in [-0.2, 0) is 9.84 Å². The van der Waals surface area contributed by atoms with E-state index in [1.54, 1.807) is 23.0 Å². The molecule has 3 aromatic rings. The molecule has 206 valence electrons. The summed E-state index contributed by atoms with van der Waals surface area (Å²) in [5.41, 5.74) is 2.11. The molecule has 12 heteroatoms. The molecule has 39 heavy (non-hydrogen) atoms. The predicted molar refractivity (Wildman–Crippen MR) is 152 cm³/mol. The molecule has 2 unspecified atom stereocenters. The summed E-state index contributed by atoms with van der Waals surface area (Å²) in [6.07, 6.45) is 5.64. The number of hydrogen-bond acceptors (Lipinski definition) is 8. The molecule has 0 radical (unpaired) electrons. The highest BCUT2D eigenvalue weighted by molar-refractivity contribution is 7.91. The van der Waals surface area contributed by atoms with Crippen LogP contribution < -0.4 is 4.90 Å². The van der Waals surface area contributed by atoms with Crippen LogP contribution in [0.4, 0.5) is 5.82 Å². The minimum absolute atomic E-state index is 0.236. The van der Waals surface area contributed by atoms with Crippen LogP contribution in [0.2, 0.25) is 10.0 Å². The van der Waals surface area contributed by atoms with Gasteiger partial charge in [-0.2, -0.15) is 10.4 Å². The number of benzene rings is 1. The van der Waals surface area contributed by atoms with Crippen LogP contribution in [-0.4, -0.2) is 76.8 Å². The lowest BCUT2D eigenvalue weighted by Crippen LogP contribution is -2.55. The zero-order valence-corrected chi connectivity index (χ0v) is 24.1. The second kappa shape index (κ2) is 10.5. The van der Waals surface area contributed by atoms with Crippen molar-refractivity contribution in [3.05, 3.63) is 45.7 Å². The monoisotopic (exact) mass is 587 g/mol. The molecule has 0 bridgehead atoms. The maximum atomic E-state index is 11.9. The van der Waals surface area contributed by atoms with Gasteiger partial charge in [-0.3, -0.25) is 0 Å². The van der Waals surface area contributed by atoms with Crippen molar-refractivity contribution in [2.24, 2.45) is 11.8 Å². The van der Waals surface area contributed by atoms with E-state index in [0.717, 1.165) is 56.8 Å². The number of sulfone groups is 1. The van der Waals surface area contributed by atoms with E-state index in [0.29, 0.717) is 50.6 Å². The molecule has 3 fully saturated rings. The largest absolute Gasteiger partial charge is 0.355 e. The molecule has 0 N–H and O–H groups in total. The average Bonchev–Trinajstić information content (AvgIpc) is 3.26. The number of nitriles is 1. The number of likely N-dealkylation sites (tertiary alicyclic amines) is 1. The van der Waals surface area contributed by atoms with Gasteiger partial charge < -0.3 is 9.80 Å². The summed E-state index contributed by atoms with van der Waals surface area (Å²) in [4.78, 5) is 14.3. The fourth-order valence-corrected chi connectivity index (χ4v) is 8.40. The van der Waals surface area contributed by atoms with Crippen molar-refractivity contribution in [3.63, 3.8) is 0 Å². The predicted octanol–water partition coefficient (Wildman–Crippen LogP) is 4.34. The van der Waals surface area contributed by atoms with Crippen molar-refractivity contribution < 1.29 is 8.42 Å².